The second-order valence-corrected chi connectivity index (χ2v) is 5.88. The van der Waals surface area contributed by atoms with Crippen LogP contribution < -0.4 is 10.9 Å². The summed E-state index contributed by atoms with van der Waals surface area (Å²) in [6.45, 7) is 5.53. The Morgan fingerprint density at radius 1 is 1.25 bits per heavy atom. The van der Waals surface area contributed by atoms with Gasteiger partial charge in [-0.1, -0.05) is 0 Å². The summed E-state index contributed by atoms with van der Waals surface area (Å²) < 4.78 is 1.24. The molecule has 1 aromatic rings. The fourth-order valence-electron chi connectivity index (χ4n) is 1.49. The molecule has 0 aromatic carbocycles. The van der Waals surface area contributed by atoms with Gasteiger partial charge in [-0.05, 0) is 26.8 Å². The highest BCUT2D eigenvalue weighted by Crippen LogP contribution is 2.03. The maximum Gasteiger partial charge on any atom is 0.253 e. The molecule has 0 saturated heterocycles. The summed E-state index contributed by atoms with van der Waals surface area (Å²) in [4.78, 5) is 36.8. The van der Waals surface area contributed by atoms with Gasteiger partial charge in [0.15, 0.2) is 0 Å². The van der Waals surface area contributed by atoms with E-state index in [1.807, 2.05) is 20.8 Å². The average molecular weight is 279 g/mol. The molecule has 1 aromatic heterocycles. The van der Waals surface area contributed by atoms with Crippen LogP contribution in [0.2, 0.25) is 0 Å². The van der Waals surface area contributed by atoms with Gasteiger partial charge in [-0.3, -0.25) is 14.4 Å². The van der Waals surface area contributed by atoms with Crippen molar-refractivity contribution >= 4 is 11.8 Å². The van der Waals surface area contributed by atoms with E-state index in [-0.39, 0.29) is 29.5 Å². The fraction of sp³-hybridized carbons (Fsp3) is 0.500. The van der Waals surface area contributed by atoms with Crippen molar-refractivity contribution in [2.24, 2.45) is 0 Å². The van der Waals surface area contributed by atoms with Crippen molar-refractivity contribution in [1.29, 1.82) is 0 Å². The number of hydrogen-bond acceptors (Lipinski definition) is 3. The van der Waals surface area contributed by atoms with Crippen LogP contribution in [0, 0.1) is 0 Å². The number of amides is 2. The molecule has 20 heavy (non-hydrogen) atoms. The second-order valence-electron chi connectivity index (χ2n) is 5.88. The minimum atomic E-state index is -0.364. The van der Waals surface area contributed by atoms with Gasteiger partial charge in [0.05, 0.1) is 5.56 Å². The van der Waals surface area contributed by atoms with Gasteiger partial charge in [-0.15, -0.1) is 0 Å². The van der Waals surface area contributed by atoms with Crippen molar-refractivity contribution < 1.29 is 9.59 Å². The predicted octanol–water partition coefficient (Wildman–Crippen LogP) is 0.465. The normalized spacial score (nSPS) is 11.1. The number of likely N-dealkylation sites (N-methyl/N-ethyl adjacent to an activating group) is 1. The summed E-state index contributed by atoms with van der Waals surface area (Å²) in [5, 5.41) is 2.81. The Morgan fingerprint density at radius 2 is 1.85 bits per heavy atom. The summed E-state index contributed by atoms with van der Waals surface area (Å²) in [5.74, 6) is -0.482. The third-order valence-electron chi connectivity index (χ3n) is 2.54. The van der Waals surface area contributed by atoms with Crippen LogP contribution in [-0.4, -0.2) is 40.9 Å². The maximum absolute atomic E-state index is 12.0. The Hall–Kier alpha value is -2.11. The molecular weight excluding hydrogens is 258 g/mol. The molecule has 0 aliphatic carbocycles. The predicted molar refractivity (Wildman–Crippen MR) is 76.6 cm³/mol. The minimum absolute atomic E-state index is 0.0809. The molecule has 1 N–H and O–H groups in total. The second kappa shape index (κ2) is 5.90. The highest BCUT2D eigenvalue weighted by atomic mass is 16.2. The molecule has 110 valence electrons. The van der Waals surface area contributed by atoms with Crippen LogP contribution in [0.25, 0.3) is 0 Å². The van der Waals surface area contributed by atoms with Crippen LogP contribution >= 0.6 is 0 Å². The molecule has 0 bridgehead atoms. The first-order chi connectivity index (χ1) is 9.10. The molecule has 0 spiro atoms. The van der Waals surface area contributed by atoms with Crippen LogP contribution in [0.3, 0.4) is 0 Å². The number of pyridine rings is 1. The Balaban J connectivity index is 3.00. The number of carbonyl (C=O) groups is 2. The van der Waals surface area contributed by atoms with E-state index in [0.29, 0.717) is 5.56 Å². The Labute approximate surface area is 118 Å². The van der Waals surface area contributed by atoms with Crippen molar-refractivity contribution in [3.63, 3.8) is 0 Å². The summed E-state index contributed by atoms with van der Waals surface area (Å²) in [7, 11) is 3.23. The van der Waals surface area contributed by atoms with Crippen molar-refractivity contribution in [1.82, 2.24) is 14.8 Å². The van der Waals surface area contributed by atoms with Gasteiger partial charge in [0.2, 0.25) is 5.91 Å². The summed E-state index contributed by atoms with van der Waals surface area (Å²) in [6.07, 6.45) is 1.41. The summed E-state index contributed by atoms with van der Waals surface area (Å²) >= 11 is 0. The molecule has 1 rings (SSSR count). The molecule has 0 aliphatic heterocycles. The topological polar surface area (TPSA) is 71.4 Å². The number of nitrogens with one attached hydrogen (secondary N) is 1. The van der Waals surface area contributed by atoms with E-state index in [2.05, 4.69) is 5.32 Å². The molecular formula is C14H21N3O3. The third kappa shape index (κ3) is 4.53. The third-order valence-corrected chi connectivity index (χ3v) is 2.54. The van der Waals surface area contributed by atoms with Gasteiger partial charge in [0, 0.05) is 31.9 Å². The highest BCUT2D eigenvalue weighted by molar-refractivity contribution is 5.94. The van der Waals surface area contributed by atoms with Gasteiger partial charge in [0.25, 0.3) is 11.5 Å². The molecule has 0 aliphatic rings. The lowest BCUT2D eigenvalue weighted by Crippen LogP contribution is -2.41. The fourth-order valence-corrected chi connectivity index (χ4v) is 1.49. The lowest BCUT2D eigenvalue weighted by molar-refractivity contribution is -0.129. The Morgan fingerprint density at radius 3 is 2.35 bits per heavy atom. The van der Waals surface area contributed by atoms with Crippen LogP contribution in [0.1, 0.15) is 31.1 Å². The molecule has 0 unspecified atom stereocenters. The van der Waals surface area contributed by atoms with Crippen molar-refractivity contribution in [3.8, 4) is 0 Å². The zero-order valence-corrected chi connectivity index (χ0v) is 12.6. The summed E-state index contributed by atoms with van der Waals surface area (Å²) in [6, 6.07) is 2.75. The lowest BCUT2D eigenvalue weighted by Gasteiger charge is -2.20. The largest absolute Gasteiger partial charge is 0.347 e. The van der Waals surface area contributed by atoms with E-state index >= 15 is 0 Å². The smallest absolute Gasteiger partial charge is 0.253 e. The van der Waals surface area contributed by atoms with Crippen LogP contribution in [-0.2, 0) is 11.3 Å². The van der Waals surface area contributed by atoms with E-state index in [4.69, 9.17) is 0 Å². The zero-order valence-electron chi connectivity index (χ0n) is 12.6. The molecule has 0 radical (unpaired) electrons. The zero-order chi connectivity index (χ0) is 15.5. The van der Waals surface area contributed by atoms with Crippen LogP contribution in [0.4, 0.5) is 0 Å². The van der Waals surface area contributed by atoms with E-state index in [9.17, 15) is 14.4 Å². The van der Waals surface area contributed by atoms with Gasteiger partial charge in [-0.2, -0.15) is 0 Å². The highest BCUT2D eigenvalue weighted by Gasteiger charge is 2.16. The first-order valence-corrected chi connectivity index (χ1v) is 6.33. The molecule has 0 fully saturated rings. The molecule has 2 amide bonds. The number of nitrogens with zero attached hydrogens (tertiary/aromatic N) is 2. The van der Waals surface area contributed by atoms with Gasteiger partial charge in [-0.25, -0.2) is 0 Å². The molecule has 0 saturated carbocycles. The Kier molecular flexibility index (Phi) is 4.70. The molecule has 1 heterocycles. The first-order valence-electron chi connectivity index (χ1n) is 6.33. The van der Waals surface area contributed by atoms with Crippen LogP contribution in [0.15, 0.2) is 23.1 Å². The number of rotatable bonds is 3. The first kappa shape index (κ1) is 15.9. The van der Waals surface area contributed by atoms with Gasteiger partial charge < -0.3 is 14.8 Å². The number of aromatic nitrogens is 1. The Bertz CT molecular complexity index is 568. The van der Waals surface area contributed by atoms with Crippen molar-refractivity contribution in [2.75, 3.05) is 14.1 Å². The molecule has 6 heteroatoms. The maximum atomic E-state index is 12.0. The number of carbonyl (C=O) groups excluding carboxylic acids is 2. The lowest BCUT2D eigenvalue weighted by atomic mass is 10.1. The van der Waals surface area contributed by atoms with Crippen LogP contribution in [0.5, 0.6) is 0 Å². The average Bonchev–Trinajstić information content (AvgIpc) is 2.29. The van der Waals surface area contributed by atoms with Crippen molar-refractivity contribution in [2.45, 2.75) is 32.9 Å². The minimum Gasteiger partial charge on any atom is -0.347 e. The van der Waals surface area contributed by atoms with E-state index in [0.717, 1.165) is 0 Å². The SMILES string of the molecule is CN(C)C(=O)Cn1cc(C(=O)NC(C)(C)C)ccc1=O. The van der Waals surface area contributed by atoms with E-state index in [1.165, 1.54) is 27.8 Å². The van der Waals surface area contributed by atoms with E-state index in [1.54, 1.807) is 14.1 Å². The monoisotopic (exact) mass is 279 g/mol. The molecule has 6 nitrogen and oxygen atoms in total. The van der Waals surface area contributed by atoms with E-state index < -0.39 is 0 Å². The number of hydrogen-bond donors (Lipinski definition) is 1. The molecule has 0 atom stereocenters. The van der Waals surface area contributed by atoms with Gasteiger partial charge >= 0.3 is 0 Å². The standard InChI is InChI=1S/C14H21N3O3/c1-14(2,3)15-13(20)10-6-7-11(18)17(8-10)9-12(19)16(4)5/h6-8H,9H2,1-5H3,(H,15,20). The van der Waals surface area contributed by atoms with Crippen molar-refractivity contribution in [3.05, 3.63) is 34.2 Å². The summed E-state index contributed by atoms with van der Waals surface area (Å²) in [5.41, 5.74) is -0.323. The van der Waals surface area contributed by atoms with Gasteiger partial charge in [0.1, 0.15) is 6.54 Å². The quantitative estimate of drug-likeness (QED) is 0.874.